The lowest BCUT2D eigenvalue weighted by molar-refractivity contribution is -0.124. The molecule has 0 aromatic carbocycles. The molecule has 0 radical (unpaired) electrons. The van der Waals surface area contributed by atoms with Crippen LogP contribution in [0.2, 0.25) is 0 Å². The predicted molar refractivity (Wildman–Crippen MR) is 50.0 cm³/mol. The van der Waals surface area contributed by atoms with Crippen molar-refractivity contribution in [2.75, 3.05) is 13.6 Å². The maximum absolute atomic E-state index is 11.0. The van der Waals surface area contributed by atoms with Crippen molar-refractivity contribution in [2.45, 2.75) is 20.3 Å². The Bertz CT molecular complexity index is 134. The molecule has 0 aliphatic heterocycles. The second kappa shape index (κ2) is 7.61. The fraction of sp³-hybridized carbons (Fsp3) is 0.625. The van der Waals surface area contributed by atoms with Crippen molar-refractivity contribution in [3.8, 4) is 0 Å². The number of halogens is 1. The van der Waals surface area contributed by atoms with Crippen LogP contribution in [0.3, 0.4) is 0 Å². The molecule has 0 fully saturated rings. The first-order chi connectivity index (χ1) is 4.72. The van der Waals surface area contributed by atoms with E-state index in [9.17, 15) is 4.79 Å². The third-order valence-electron chi connectivity index (χ3n) is 1.35. The first kappa shape index (κ1) is 13.1. The molecule has 0 unspecified atom stereocenters. The van der Waals surface area contributed by atoms with E-state index in [1.54, 1.807) is 18.0 Å². The van der Waals surface area contributed by atoms with E-state index in [1.165, 1.54) is 0 Å². The first-order valence-corrected chi connectivity index (χ1v) is 3.64. The summed E-state index contributed by atoms with van der Waals surface area (Å²) in [6.45, 7) is 4.74. The zero-order chi connectivity index (χ0) is 7.98. The van der Waals surface area contributed by atoms with Crippen molar-refractivity contribution in [3.05, 3.63) is 12.2 Å². The summed E-state index contributed by atoms with van der Waals surface area (Å²) in [6.07, 6.45) is 4.40. The molecule has 66 valence electrons. The summed E-state index contributed by atoms with van der Waals surface area (Å²) in [5.41, 5.74) is 0. The fourth-order valence-corrected chi connectivity index (χ4v) is 0.502. The second-order valence-electron chi connectivity index (χ2n) is 2.16. The van der Waals surface area contributed by atoms with Crippen molar-refractivity contribution in [2.24, 2.45) is 0 Å². The zero-order valence-electron chi connectivity index (χ0n) is 7.33. The lowest BCUT2D eigenvalue weighted by Crippen LogP contribution is -2.23. The Morgan fingerprint density at radius 3 is 2.36 bits per heavy atom. The average Bonchev–Trinajstić information content (AvgIpc) is 1.98. The van der Waals surface area contributed by atoms with E-state index in [0.717, 1.165) is 13.0 Å². The standard InChI is InChI=1S/C8H15NO.ClH/c1-4-6-7-8(10)9(3)5-2;/h6-7H,4-5H2,1-3H3;1H/b7-6+;. The highest BCUT2D eigenvalue weighted by atomic mass is 35.5. The monoisotopic (exact) mass is 177 g/mol. The molecule has 0 aliphatic rings. The lowest BCUT2D eigenvalue weighted by Gasteiger charge is -2.10. The Morgan fingerprint density at radius 1 is 1.45 bits per heavy atom. The molecule has 0 heterocycles. The van der Waals surface area contributed by atoms with E-state index in [1.807, 2.05) is 19.9 Å². The molecule has 0 aromatic rings. The smallest absolute Gasteiger partial charge is 0.245 e. The van der Waals surface area contributed by atoms with Crippen LogP contribution in [0.4, 0.5) is 0 Å². The molecule has 0 rings (SSSR count). The number of nitrogens with zero attached hydrogens (tertiary/aromatic N) is 1. The van der Waals surface area contributed by atoms with Gasteiger partial charge in [0.25, 0.3) is 0 Å². The van der Waals surface area contributed by atoms with Gasteiger partial charge in [-0.15, -0.1) is 12.4 Å². The number of carbonyl (C=O) groups excluding carboxylic acids is 1. The van der Waals surface area contributed by atoms with Gasteiger partial charge in [0, 0.05) is 13.6 Å². The molecule has 1 amide bonds. The zero-order valence-corrected chi connectivity index (χ0v) is 8.15. The first-order valence-electron chi connectivity index (χ1n) is 3.64. The summed E-state index contributed by atoms with van der Waals surface area (Å²) < 4.78 is 0. The van der Waals surface area contributed by atoms with E-state index < -0.39 is 0 Å². The number of rotatable bonds is 3. The fourth-order valence-electron chi connectivity index (χ4n) is 0.502. The van der Waals surface area contributed by atoms with Crippen LogP contribution in [-0.2, 0) is 4.79 Å². The van der Waals surface area contributed by atoms with Crippen LogP contribution < -0.4 is 0 Å². The van der Waals surface area contributed by atoms with Crippen molar-refractivity contribution < 1.29 is 4.79 Å². The van der Waals surface area contributed by atoms with Gasteiger partial charge in [0.15, 0.2) is 0 Å². The minimum Gasteiger partial charge on any atom is -0.343 e. The van der Waals surface area contributed by atoms with E-state index in [0.29, 0.717) is 0 Å². The van der Waals surface area contributed by atoms with Gasteiger partial charge in [-0.25, -0.2) is 0 Å². The second-order valence-corrected chi connectivity index (χ2v) is 2.16. The van der Waals surface area contributed by atoms with Crippen molar-refractivity contribution >= 4 is 18.3 Å². The molecule has 0 saturated carbocycles. The summed E-state index contributed by atoms with van der Waals surface area (Å²) in [4.78, 5) is 12.6. The van der Waals surface area contributed by atoms with Crippen LogP contribution >= 0.6 is 12.4 Å². The number of allylic oxidation sites excluding steroid dienone is 1. The van der Waals surface area contributed by atoms with Crippen molar-refractivity contribution in [3.63, 3.8) is 0 Å². The quantitative estimate of drug-likeness (QED) is 0.603. The summed E-state index contributed by atoms with van der Waals surface area (Å²) in [5, 5.41) is 0. The molecule has 3 heteroatoms. The van der Waals surface area contributed by atoms with Gasteiger partial charge in [0.1, 0.15) is 0 Å². The molecular formula is C8H16ClNO. The molecule has 0 aliphatic carbocycles. The Balaban J connectivity index is 0. The normalized spacial score (nSPS) is 9.36. The minimum atomic E-state index is 0. The Hall–Kier alpha value is -0.500. The predicted octanol–water partition coefficient (Wildman–Crippen LogP) is 1.85. The highest BCUT2D eigenvalue weighted by Crippen LogP contribution is 1.87. The highest BCUT2D eigenvalue weighted by Gasteiger charge is 1.98. The summed E-state index contributed by atoms with van der Waals surface area (Å²) in [7, 11) is 1.79. The largest absolute Gasteiger partial charge is 0.343 e. The van der Waals surface area contributed by atoms with Gasteiger partial charge in [0.05, 0.1) is 0 Å². The van der Waals surface area contributed by atoms with E-state index in [4.69, 9.17) is 0 Å². The van der Waals surface area contributed by atoms with Gasteiger partial charge in [-0.1, -0.05) is 13.0 Å². The maximum Gasteiger partial charge on any atom is 0.245 e. The van der Waals surface area contributed by atoms with Crippen LogP contribution in [-0.4, -0.2) is 24.4 Å². The van der Waals surface area contributed by atoms with Crippen LogP contribution in [0.25, 0.3) is 0 Å². The topological polar surface area (TPSA) is 20.3 Å². The van der Waals surface area contributed by atoms with Crippen molar-refractivity contribution in [1.29, 1.82) is 0 Å². The third-order valence-corrected chi connectivity index (χ3v) is 1.35. The van der Waals surface area contributed by atoms with Gasteiger partial charge in [0.2, 0.25) is 5.91 Å². The lowest BCUT2D eigenvalue weighted by atomic mass is 10.4. The number of hydrogen-bond acceptors (Lipinski definition) is 1. The number of hydrogen-bond donors (Lipinski definition) is 0. The number of carbonyl (C=O) groups is 1. The van der Waals surface area contributed by atoms with Crippen molar-refractivity contribution in [1.82, 2.24) is 4.90 Å². The van der Waals surface area contributed by atoms with Gasteiger partial charge in [-0.05, 0) is 19.4 Å². The minimum absolute atomic E-state index is 0. The summed E-state index contributed by atoms with van der Waals surface area (Å²) in [5.74, 6) is 0.0874. The van der Waals surface area contributed by atoms with Gasteiger partial charge in [-0.2, -0.15) is 0 Å². The molecule has 0 N–H and O–H groups in total. The molecular weight excluding hydrogens is 162 g/mol. The third kappa shape index (κ3) is 5.92. The molecule has 0 spiro atoms. The maximum atomic E-state index is 11.0. The van der Waals surface area contributed by atoms with E-state index in [-0.39, 0.29) is 18.3 Å². The Labute approximate surface area is 74.7 Å². The number of amides is 1. The Morgan fingerprint density at radius 2 is 2.00 bits per heavy atom. The summed E-state index contributed by atoms with van der Waals surface area (Å²) >= 11 is 0. The molecule has 0 bridgehead atoms. The van der Waals surface area contributed by atoms with E-state index in [2.05, 4.69) is 0 Å². The SMILES string of the molecule is CC/C=C/C(=O)N(C)CC.Cl. The highest BCUT2D eigenvalue weighted by molar-refractivity contribution is 5.87. The van der Waals surface area contributed by atoms with Gasteiger partial charge < -0.3 is 4.90 Å². The van der Waals surface area contributed by atoms with Gasteiger partial charge in [-0.3, -0.25) is 4.79 Å². The van der Waals surface area contributed by atoms with E-state index >= 15 is 0 Å². The van der Waals surface area contributed by atoms with Crippen LogP contribution in [0.15, 0.2) is 12.2 Å². The molecule has 0 atom stereocenters. The molecule has 11 heavy (non-hydrogen) atoms. The Kier molecular flexibility index (Phi) is 9.07. The molecule has 2 nitrogen and oxygen atoms in total. The van der Waals surface area contributed by atoms with Crippen LogP contribution in [0.1, 0.15) is 20.3 Å². The number of likely N-dealkylation sites (N-methyl/N-ethyl adjacent to an activating group) is 1. The molecule has 0 aromatic heterocycles. The van der Waals surface area contributed by atoms with Gasteiger partial charge >= 0.3 is 0 Å². The molecule has 0 saturated heterocycles. The average molecular weight is 178 g/mol. The summed E-state index contributed by atoms with van der Waals surface area (Å²) in [6, 6.07) is 0. The van der Waals surface area contributed by atoms with Crippen LogP contribution in [0.5, 0.6) is 0 Å². The van der Waals surface area contributed by atoms with Crippen LogP contribution in [0, 0.1) is 0 Å².